The highest BCUT2D eigenvalue weighted by Crippen LogP contribution is 2.47. The maximum atomic E-state index is 5.31. The molecule has 0 unspecified atom stereocenters. The Hall–Kier alpha value is -0.480. The van der Waals surface area contributed by atoms with E-state index < -0.39 is 0 Å². The maximum Gasteiger partial charge on any atom is 0.118 e. The first kappa shape index (κ1) is 7.88. The quantitative estimate of drug-likeness (QED) is 0.535. The van der Waals surface area contributed by atoms with Crippen molar-refractivity contribution in [3.8, 4) is 0 Å². The molecule has 0 amide bonds. The fourth-order valence-electron chi connectivity index (χ4n) is 2.79. The molecule has 4 rings (SSSR count). The lowest BCUT2D eigenvalue weighted by Crippen LogP contribution is -2.55. The van der Waals surface area contributed by atoms with Gasteiger partial charge in [-0.05, 0) is 26.7 Å². The number of rotatable bonds is 0. The lowest BCUT2D eigenvalue weighted by atomic mass is 9.72. The van der Waals surface area contributed by atoms with Crippen molar-refractivity contribution in [3.05, 3.63) is 0 Å². The summed E-state index contributed by atoms with van der Waals surface area (Å²) in [5.74, 6) is 0.431. The van der Waals surface area contributed by atoms with Crippen LogP contribution in [0, 0.1) is 5.92 Å². The molecule has 4 aliphatic rings. The molecule has 3 fully saturated rings. The third-order valence-electron chi connectivity index (χ3n) is 3.45. The van der Waals surface area contributed by atoms with Crippen LogP contribution in [0.5, 0.6) is 0 Å². The number of nitrogens with zero attached hydrogens (tertiary/aromatic N) is 2. The Kier molecular flexibility index (Phi) is 1.40. The predicted molar refractivity (Wildman–Crippen MR) is 45.2 cm³/mol. The molecule has 0 N–H and O–H groups in total. The van der Waals surface area contributed by atoms with E-state index in [0.717, 1.165) is 12.8 Å². The van der Waals surface area contributed by atoms with Gasteiger partial charge in [0.05, 0.1) is 5.54 Å². The van der Waals surface area contributed by atoms with Gasteiger partial charge in [0, 0.05) is 5.92 Å². The lowest BCUT2D eigenvalue weighted by molar-refractivity contribution is -0.414. The zero-order valence-corrected chi connectivity index (χ0v) is 7.93. The molecule has 2 saturated heterocycles. The summed E-state index contributed by atoms with van der Waals surface area (Å²) in [6.07, 6.45) is 2.53. The van der Waals surface area contributed by atoms with Gasteiger partial charge in [-0.3, -0.25) is 0 Å². The highest BCUT2D eigenvalue weighted by Gasteiger charge is 2.56. The molecule has 0 spiro atoms. The fraction of sp³-hybridized carbons (Fsp3) is 1.00. The van der Waals surface area contributed by atoms with Crippen molar-refractivity contribution in [2.24, 2.45) is 16.1 Å². The highest BCUT2D eigenvalue weighted by atomic mass is 17.2. The predicted octanol–water partition coefficient (Wildman–Crippen LogP) is 1.71. The van der Waals surface area contributed by atoms with Crippen molar-refractivity contribution in [1.29, 1.82) is 0 Å². The van der Waals surface area contributed by atoms with Gasteiger partial charge in [-0.1, -0.05) is 0 Å². The molecule has 0 aromatic rings. The van der Waals surface area contributed by atoms with Crippen LogP contribution in [0.3, 0.4) is 0 Å². The Bertz CT molecular complexity index is 256. The van der Waals surface area contributed by atoms with Crippen molar-refractivity contribution in [3.63, 3.8) is 0 Å². The highest BCUT2D eigenvalue weighted by molar-refractivity contribution is 5.07. The molecule has 0 aromatic heterocycles. The Morgan fingerprint density at radius 3 is 2.46 bits per heavy atom. The van der Waals surface area contributed by atoms with Crippen LogP contribution in [-0.4, -0.2) is 23.8 Å². The first-order chi connectivity index (χ1) is 6.18. The fourth-order valence-corrected chi connectivity index (χ4v) is 2.79. The van der Waals surface area contributed by atoms with E-state index >= 15 is 0 Å². The van der Waals surface area contributed by atoms with E-state index in [1.807, 2.05) is 0 Å². The first-order valence-electron chi connectivity index (χ1n) is 4.93. The van der Waals surface area contributed by atoms with E-state index in [0.29, 0.717) is 5.92 Å². The van der Waals surface area contributed by atoms with Gasteiger partial charge in [-0.15, -0.1) is 0 Å². The molecule has 4 nitrogen and oxygen atoms in total. The molecule has 4 heteroatoms. The molecule has 2 bridgehead atoms. The van der Waals surface area contributed by atoms with Gasteiger partial charge in [-0.2, -0.15) is 10.2 Å². The van der Waals surface area contributed by atoms with Crippen molar-refractivity contribution in [1.82, 2.24) is 0 Å². The smallest absolute Gasteiger partial charge is 0.118 e. The van der Waals surface area contributed by atoms with Crippen molar-refractivity contribution >= 4 is 0 Å². The monoisotopic (exact) mass is 182 g/mol. The van der Waals surface area contributed by atoms with Crippen LogP contribution in [0.4, 0.5) is 0 Å². The van der Waals surface area contributed by atoms with Crippen LogP contribution in [0.1, 0.15) is 26.7 Å². The van der Waals surface area contributed by atoms with E-state index in [1.54, 1.807) is 0 Å². The van der Waals surface area contributed by atoms with E-state index in [4.69, 9.17) is 9.78 Å². The summed E-state index contributed by atoms with van der Waals surface area (Å²) in [4.78, 5) is 10.5. The first-order valence-corrected chi connectivity index (χ1v) is 4.93. The van der Waals surface area contributed by atoms with Crippen LogP contribution < -0.4 is 0 Å². The number of azo groups is 1. The summed E-state index contributed by atoms with van der Waals surface area (Å²) in [6, 6.07) is 0.252. The Balaban J connectivity index is 1.97. The minimum absolute atomic E-state index is 0.0578. The van der Waals surface area contributed by atoms with Gasteiger partial charge in [0.1, 0.15) is 18.2 Å². The molecule has 3 aliphatic heterocycles. The molecule has 3 heterocycles. The topological polar surface area (TPSA) is 43.2 Å². The van der Waals surface area contributed by atoms with E-state index in [-0.39, 0.29) is 23.8 Å². The molecule has 13 heavy (non-hydrogen) atoms. The Morgan fingerprint density at radius 2 is 1.85 bits per heavy atom. The molecule has 4 atom stereocenters. The molecule has 0 aromatic carbocycles. The third-order valence-corrected chi connectivity index (χ3v) is 3.45. The van der Waals surface area contributed by atoms with E-state index in [1.165, 1.54) is 0 Å². The van der Waals surface area contributed by atoms with Gasteiger partial charge in [0.15, 0.2) is 0 Å². The summed E-state index contributed by atoms with van der Waals surface area (Å²) in [5, 5.41) is 8.63. The van der Waals surface area contributed by atoms with Gasteiger partial charge in [0.2, 0.25) is 0 Å². The number of hydrogen-bond donors (Lipinski definition) is 0. The molecule has 1 aliphatic carbocycles. The minimum Gasteiger partial charge on any atom is -0.233 e. The summed E-state index contributed by atoms with van der Waals surface area (Å²) < 4.78 is 0. The average Bonchev–Trinajstić information content (AvgIpc) is 2.47. The minimum atomic E-state index is -0.0578. The van der Waals surface area contributed by atoms with Crippen LogP contribution in [0.25, 0.3) is 0 Å². The van der Waals surface area contributed by atoms with Crippen molar-refractivity contribution in [2.75, 3.05) is 0 Å². The van der Waals surface area contributed by atoms with E-state index in [9.17, 15) is 0 Å². The van der Waals surface area contributed by atoms with Crippen molar-refractivity contribution in [2.45, 2.75) is 50.5 Å². The second kappa shape index (κ2) is 2.30. The van der Waals surface area contributed by atoms with Gasteiger partial charge < -0.3 is 0 Å². The second-order valence-corrected chi connectivity index (χ2v) is 4.73. The molecular weight excluding hydrogens is 168 g/mol. The van der Waals surface area contributed by atoms with Gasteiger partial charge >= 0.3 is 0 Å². The number of fused-ring (bicyclic) bond motifs is 2. The maximum absolute atomic E-state index is 5.31. The second-order valence-electron chi connectivity index (χ2n) is 4.73. The Labute approximate surface area is 77.2 Å². The normalized spacial score (nSPS) is 50.9. The van der Waals surface area contributed by atoms with Crippen LogP contribution in [0.2, 0.25) is 0 Å². The van der Waals surface area contributed by atoms with Crippen LogP contribution in [-0.2, 0) is 9.78 Å². The van der Waals surface area contributed by atoms with Crippen molar-refractivity contribution < 1.29 is 9.78 Å². The number of hydrogen-bond acceptors (Lipinski definition) is 4. The molecule has 0 radical (unpaired) electrons. The summed E-state index contributed by atoms with van der Waals surface area (Å²) in [5.41, 5.74) is -0.0578. The SMILES string of the molecule is CC1(C)N=N[C@H]2[C@@H]1[C@@H]1CC[C@H]2OO1. The Morgan fingerprint density at radius 1 is 1.15 bits per heavy atom. The largest absolute Gasteiger partial charge is 0.233 e. The third kappa shape index (κ3) is 0.929. The standard InChI is InChI=1S/C9H14N2O2/c1-9(2)7-5-3-4-6(13-12-5)8(7)10-11-9/h5-8H,3-4H2,1-2H3/t5-,6+,7-,8+/m0/s1. The molecule has 72 valence electrons. The zero-order chi connectivity index (χ0) is 9.05. The average molecular weight is 182 g/mol. The van der Waals surface area contributed by atoms with Crippen LogP contribution >= 0.6 is 0 Å². The van der Waals surface area contributed by atoms with Gasteiger partial charge in [-0.25, -0.2) is 9.78 Å². The molecular formula is C9H14N2O2. The van der Waals surface area contributed by atoms with Gasteiger partial charge in [0.25, 0.3) is 0 Å². The molecule has 1 saturated carbocycles. The lowest BCUT2D eigenvalue weighted by Gasteiger charge is -2.45. The van der Waals surface area contributed by atoms with E-state index in [2.05, 4.69) is 24.1 Å². The summed E-state index contributed by atoms with van der Waals surface area (Å²) in [7, 11) is 0. The summed E-state index contributed by atoms with van der Waals surface area (Å²) >= 11 is 0. The van der Waals surface area contributed by atoms with Crippen LogP contribution in [0.15, 0.2) is 10.2 Å². The summed E-state index contributed by atoms with van der Waals surface area (Å²) in [6.45, 7) is 4.26. The zero-order valence-electron chi connectivity index (χ0n) is 7.93.